The van der Waals surface area contributed by atoms with Gasteiger partial charge in [0.15, 0.2) is 11.6 Å². The van der Waals surface area contributed by atoms with Gasteiger partial charge in [0.2, 0.25) is 11.6 Å². The zero-order valence-electron chi connectivity index (χ0n) is 90.6. The Bertz CT molecular complexity index is 4580. The standard InChI is InChI=1S/2C56H87NO16/c1-33-17-13-12-14-18-34(2)45(68-9)29-41-22-20-39(7)56(67,73-41)51(63)52(64)57-24-16-15-19-42(57)53(65)71-46(30-43(60)35(3)26-38(6)49(62)50(70-11)48(61)37(5)25-33)36(4)27-40-21-23-44(47(28-40)69-10)72-54(66)55(8,31-58)32-59;1-33-17-13-12-14-18-34(2)45(68-9)29-41-22-20-35(3)51(63)56(67,73-41)53(65)57-24-16-15-19-42(57)52(64)71-46(30-43(60)36(4)26-39(7)49(62)50(70-11)48(61)38(6)25-33)37(5)27-40-21-23-44(47(28-40)69-10)72-54(66)55(8,31-58)32-59/h12-14,17-18,26,33,35-37,39-42,44-47,49-50,58-59,62,67H,15-16,19-25,27-32H2,1-11H3;12-14,17-18,26,33,35-38,40-42,44-47,49-50,58-59,62,67H,15-16,19-25,27-32H2,1-11H3/b14-12?,17-13+,34-18?,38-26+;14-12+,17-13+,34-18?,39-26+/t33-,35-,36-,37-,39-,40+,41+,42+,44-,45+,46+,47-,49-,50+,56-;33-,35-,36-,37-,38-,40+,41+,42+,44-,45+,46+,47-,49-,50+,56?/m11/s1. The second-order valence-electron chi connectivity index (χ2n) is 43.7. The maximum Gasteiger partial charge on any atom is 0.329 e. The number of Topliss-reactive ketones (excluding diaryl/α,β-unsaturated/α-hetero) is 6. The van der Waals surface area contributed by atoms with Crippen LogP contribution >= 0.6 is 0 Å². The molecule has 34 nitrogen and oxygen atoms in total. The van der Waals surface area contributed by atoms with Crippen LogP contribution in [0, 0.1) is 81.8 Å². The molecule has 30 atom stereocenters. The maximum atomic E-state index is 14.8. The molecule has 6 fully saturated rings. The quantitative estimate of drug-likeness (QED) is 0.0184. The molecule has 8 N–H and O–H groups in total. The number of rotatable bonds is 20. The Labute approximate surface area is 864 Å². The van der Waals surface area contributed by atoms with Crippen LogP contribution in [-0.2, 0) is 114 Å². The van der Waals surface area contributed by atoms with Gasteiger partial charge in [-0.15, -0.1) is 0 Å². The molecular weight excluding hydrogens is 1890 g/mol. The largest absolute Gasteiger partial charge is 0.460 e. The summed E-state index contributed by atoms with van der Waals surface area (Å²) in [4.78, 5) is 171. The topological polar surface area (TPSA) is 484 Å². The van der Waals surface area contributed by atoms with E-state index in [1.165, 1.54) is 47.2 Å². The summed E-state index contributed by atoms with van der Waals surface area (Å²) in [6, 6.07) is -2.42. The maximum absolute atomic E-state index is 14.8. The Morgan fingerprint density at radius 3 is 1.25 bits per heavy atom. The molecule has 2 saturated carbocycles. The molecule has 4 bridgehead atoms. The lowest BCUT2D eigenvalue weighted by atomic mass is 9.78. The van der Waals surface area contributed by atoms with Crippen LogP contribution in [0.3, 0.4) is 0 Å². The number of nitrogens with zero attached hydrogens (tertiary/aromatic N) is 2. The third kappa shape index (κ3) is 33.6. The fourth-order valence-corrected chi connectivity index (χ4v) is 21.4. The summed E-state index contributed by atoms with van der Waals surface area (Å²) in [6.07, 6.45) is 19.0. The highest BCUT2D eigenvalue weighted by atomic mass is 16.7. The zero-order chi connectivity index (χ0) is 109. The van der Waals surface area contributed by atoms with Crippen molar-refractivity contribution in [3.8, 4) is 0 Å². The van der Waals surface area contributed by atoms with Gasteiger partial charge in [-0.1, -0.05) is 142 Å². The van der Waals surface area contributed by atoms with Crippen molar-refractivity contribution in [3.05, 3.63) is 95.2 Å². The average Bonchev–Trinajstić information content (AvgIpc) is 1.54. The lowest BCUT2D eigenvalue weighted by Gasteiger charge is -2.42. The first-order chi connectivity index (χ1) is 69.0. The van der Waals surface area contributed by atoms with Gasteiger partial charge in [0.1, 0.15) is 83.3 Å². The van der Waals surface area contributed by atoms with E-state index in [1.807, 2.05) is 102 Å². The number of methoxy groups -OCH3 is 6. The number of hydrogen-bond donors (Lipinski definition) is 8. The highest BCUT2D eigenvalue weighted by molar-refractivity contribution is 6.39. The third-order valence-electron chi connectivity index (χ3n) is 31.7. The lowest BCUT2D eigenvalue weighted by Crippen LogP contribution is -2.62. The minimum Gasteiger partial charge on any atom is -0.460 e. The minimum atomic E-state index is -2.90. The summed E-state index contributed by atoms with van der Waals surface area (Å²) in [6.45, 7) is 25.5. The number of allylic oxidation sites excluding steroid dienone is 12. The van der Waals surface area contributed by atoms with Crippen molar-refractivity contribution >= 4 is 70.4 Å². The van der Waals surface area contributed by atoms with Crippen LogP contribution in [0.1, 0.15) is 265 Å². The van der Waals surface area contributed by atoms with Crippen molar-refractivity contribution < 1.29 is 155 Å². The number of piperidine rings is 2. The SMILES string of the molecule is CO[C@H]1C[C@@H]2CC[C@@H](C)C(=O)C(O)(O2)C(=O)N2CCCC[C@H]2C(=O)O[C@H]([C@H](C)C[C@@H]2CC[C@@H](OC(=O)C(C)(CO)CO)[C@H](OC)C2)CC(=O)[C@H](C)/C=C(\C)[C@@H](O)[C@@H](OC)C(=O)[C@H](C)C[C@H](C)/C=C/C=C/C=C1C.CO[C@H]1C[C@@H]2CC[C@@H](C)[C@@](O)(O2)C(=O)C(=O)N2CCCC[C@H]2C(=O)O[C@H]([C@H](C)C[C@@H]2CC[C@@H](OC(=O)C(C)(CO)CO)[C@H](OC)C2)CC(=O)[C@H](C)/C=C(\C)[C@@H](O)[C@@H](OC)C(=O)[C@H](C)C[C@H](C)/C=C/C=CC=C1C. The van der Waals surface area contributed by atoms with E-state index in [9.17, 15) is 98.4 Å². The monoisotopic (exact) mass is 2060 g/mol. The molecule has 0 aromatic heterocycles. The molecule has 824 valence electrons. The number of carbonyl (C=O) groups is 12. The number of esters is 4. The van der Waals surface area contributed by atoms with Crippen molar-refractivity contribution in [1.29, 1.82) is 0 Å². The second-order valence-corrected chi connectivity index (χ2v) is 43.7. The molecule has 1 unspecified atom stereocenters. The second kappa shape index (κ2) is 58.7. The van der Waals surface area contributed by atoms with Crippen LogP contribution < -0.4 is 0 Å². The first-order valence-corrected chi connectivity index (χ1v) is 52.8. The molecule has 4 saturated heterocycles. The van der Waals surface area contributed by atoms with E-state index in [0.717, 1.165) is 16.0 Å². The minimum absolute atomic E-state index is 0.00697. The Kier molecular flexibility index (Phi) is 50.2. The van der Waals surface area contributed by atoms with Crippen LogP contribution in [0.25, 0.3) is 0 Å². The molecule has 146 heavy (non-hydrogen) atoms. The molecule has 8 aliphatic rings. The van der Waals surface area contributed by atoms with E-state index in [0.29, 0.717) is 133 Å². The molecule has 34 heteroatoms. The molecule has 0 aromatic rings. The summed E-state index contributed by atoms with van der Waals surface area (Å²) in [5.41, 5.74) is -0.587. The van der Waals surface area contributed by atoms with Gasteiger partial charge < -0.3 is 107 Å². The molecule has 0 spiro atoms. The Balaban J connectivity index is 0.000000396. The molecular formula is C112H174N2O32. The number of ketones is 6. The number of aliphatic hydroxyl groups is 8. The zero-order valence-corrected chi connectivity index (χ0v) is 90.6. The molecule has 6 aliphatic heterocycles. The number of cyclic esters (lactones) is 2. The van der Waals surface area contributed by atoms with E-state index in [4.69, 9.17) is 56.8 Å². The van der Waals surface area contributed by atoms with Gasteiger partial charge in [0, 0.05) is 117 Å². The Morgan fingerprint density at radius 1 is 0.452 bits per heavy atom. The highest BCUT2D eigenvalue weighted by Crippen LogP contribution is 2.43. The van der Waals surface area contributed by atoms with E-state index in [2.05, 4.69) is 0 Å². The number of ether oxygens (including phenoxy) is 12. The number of hydrogen-bond acceptors (Lipinski definition) is 32. The van der Waals surface area contributed by atoms with Crippen LogP contribution in [0.5, 0.6) is 0 Å². The fraction of sp³-hybridized carbons (Fsp3) is 0.750. The van der Waals surface area contributed by atoms with Crippen molar-refractivity contribution in [3.63, 3.8) is 0 Å². The first-order valence-electron chi connectivity index (χ1n) is 52.8. The number of carbonyl (C=O) groups excluding carboxylic acids is 12. The fourth-order valence-electron chi connectivity index (χ4n) is 21.4. The summed E-state index contributed by atoms with van der Waals surface area (Å²) < 4.78 is 71.0. The third-order valence-corrected chi connectivity index (χ3v) is 31.7. The van der Waals surface area contributed by atoms with Crippen molar-refractivity contribution in [2.75, 3.05) is 82.2 Å². The Hall–Kier alpha value is -7.88. The summed E-state index contributed by atoms with van der Waals surface area (Å²) >= 11 is 0. The van der Waals surface area contributed by atoms with Gasteiger partial charge >= 0.3 is 29.7 Å². The van der Waals surface area contributed by atoms with Gasteiger partial charge in [0.25, 0.3) is 17.6 Å². The summed E-state index contributed by atoms with van der Waals surface area (Å²) in [7, 11) is 8.85. The van der Waals surface area contributed by atoms with Gasteiger partial charge in [-0.3, -0.25) is 47.9 Å². The van der Waals surface area contributed by atoms with E-state index in [1.54, 1.807) is 81.8 Å². The van der Waals surface area contributed by atoms with Gasteiger partial charge in [-0.05, 0) is 228 Å². The van der Waals surface area contributed by atoms with Crippen LogP contribution in [0.2, 0.25) is 0 Å². The van der Waals surface area contributed by atoms with E-state index < -0.39 is 241 Å². The summed E-state index contributed by atoms with van der Waals surface area (Å²) in [5.74, 6) is -18.8. The molecule has 2 aliphatic carbocycles. The first kappa shape index (κ1) is 125. The van der Waals surface area contributed by atoms with Crippen LogP contribution in [-0.4, -0.2) is 312 Å². The molecule has 0 radical (unpaired) electrons. The highest BCUT2D eigenvalue weighted by Gasteiger charge is 2.57. The van der Waals surface area contributed by atoms with Gasteiger partial charge in [-0.25, -0.2) is 9.59 Å². The number of aliphatic hydroxyl groups excluding tert-OH is 6. The van der Waals surface area contributed by atoms with Crippen molar-refractivity contribution in [1.82, 2.24) is 9.80 Å². The normalized spacial score (nSPS) is 36.5. The van der Waals surface area contributed by atoms with Gasteiger partial charge in [0.05, 0.1) is 63.1 Å². The smallest absolute Gasteiger partial charge is 0.329 e. The van der Waals surface area contributed by atoms with E-state index in [-0.39, 0.29) is 92.0 Å². The molecule has 2 amide bonds. The number of fused-ring (bicyclic) bond motifs is 6. The van der Waals surface area contributed by atoms with Crippen molar-refractivity contribution in [2.24, 2.45) is 81.8 Å². The predicted octanol–water partition coefficient (Wildman–Crippen LogP) is 11.4. The molecule has 0 aromatic carbocycles. The molecule has 6 heterocycles. The van der Waals surface area contributed by atoms with Gasteiger partial charge in [-0.2, -0.15) is 0 Å². The molecule has 8 rings (SSSR count). The van der Waals surface area contributed by atoms with Crippen molar-refractivity contribution in [2.45, 2.75) is 374 Å². The predicted molar refractivity (Wildman–Crippen MR) is 543 cm³/mol. The van der Waals surface area contributed by atoms with Crippen LogP contribution in [0.15, 0.2) is 95.2 Å². The Morgan fingerprint density at radius 2 is 0.849 bits per heavy atom. The summed E-state index contributed by atoms with van der Waals surface area (Å²) in [5, 5.41) is 86.4. The van der Waals surface area contributed by atoms with Crippen LogP contribution in [0.4, 0.5) is 0 Å². The lowest BCUT2D eigenvalue weighted by molar-refractivity contribution is -0.265. The van der Waals surface area contributed by atoms with E-state index >= 15 is 0 Å². The number of amides is 2. The average molecular weight is 2060 g/mol.